The van der Waals surface area contributed by atoms with Crippen LogP contribution in [0.25, 0.3) is 5.57 Å². The van der Waals surface area contributed by atoms with Crippen LogP contribution in [0.1, 0.15) is 31.9 Å². The maximum atomic E-state index is 13.4. The van der Waals surface area contributed by atoms with E-state index in [1.54, 1.807) is 42.5 Å². The van der Waals surface area contributed by atoms with Gasteiger partial charge in [0.1, 0.15) is 0 Å². The van der Waals surface area contributed by atoms with Crippen LogP contribution in [0.4, 0.5) is 11.4 Å². The highest BCUT2D eigenvalue weighted by atomic mass is 35.5. The Morgan fingerprint density at radius 2 is 1.72 bits per heavy atom. The van der Waals surface area contributed by atoms with E-state index in [1.165, 1.54) is 23.6 Å². The Labute approximate surface area is 179 Å². The number of aryl methyl sites for hydroxylation is 1. The number of benzene rings is 2. The summed E-state index contributed by atoms with van der Waals surface area (Å²) in [5, 5.41) is 3.27. The molecule has 0 atom stereocenters. The van der Waals surface area contributed by atoms with E-state index < -0.39 is 0 Å². The molecule has 0 spiro atoms. The molecule has 29 heavy (non-hydrogen) atoms. The number of anilines is 2. The predicted octanol–water partition coefficient (Wildman–Crippen LogP) is 5.03. The van der Waals surface area contributed by atoms with Crippen LogP contribution in [0.3, 0.4) is 0 Å². The molecule has 1 aliphatic rings. The molecule has 0 saturated carbocycles. The smallest absolute Gasteiger partial charge is 0.272 e. The van der Waals surface area contributed by atoms with Crippen molar-refractivity contribution in [2.24, 2.45) is 0 Å². The van der Waals surface area contributed by atoms with Crippen molar-refractivity contribution >= 4 is 58.0 Å². The van der Waals surface area contributed by atoms with Gasteiger partial charge in [0, 0.05) is 22.9 Å². The predicted molar refractivity (Wildman–Crippen MR) is 119 cm³/mol. The minimum absolute atomic E-state index is 0.121. The van der Waals surface area contributed by atoms with Crippen molar-refractivity contribution in [3.63, 3.8) is 0 Å². The molecule has 3 amide bonds. The molecule has 0 unspecified atom stereocenters. The van der Waals surface area contributed by atoms with Crippen LogP contribution in [0.15, 0.2) is 47.4 Å². The fraction of sp³-hybridized carbons (Fsp3) is 0.227. The molecule has 7 heteroatoms. The second kappa shape index (κ2) is 8.43. The first-order chi connectivity index (χ1) is 13.7. The fourth-order valence-corrected chi connectivity index (χ4v) is 4.23. The van der Waals surface area contributed by atoms with Crippen LogP contribution in [0.5, 0.6) is 0 Å². The lowest BCUT2D eigenvalue weighted by atomic mass is 10.1. The summed E-state index contributed by atoms with van der Waals surface area (Å²) in [6, 6.07) is 12.0. The van der Waals surface area contributed by atoms with Gasteiger partial charge in [-0.05, 0) is 42.3 Å². The molecule has 0 fully saturated rings. The van der Waals surface area contributed by atoms with Crippen LogP contribution in [-0.4, -0.2) is 23.0 Å². The molecule has 0 aromatic heterocycles. The summed E-state index contributed by atoms with van der Waals surface area (Å²) in [7, 11) is 0. The Morgan fingerprint density at radius 1 is 1.07 bits per heavy atom. The topological polar surface area (TPSA) is 66.5 Å². The van der Waals surface area contributed by atoms with E-state index in [-0.39, 0.29) is 23.0 Å². The van der Waals surface area contributed by atoms with E-state index in [4.69, 9.17) is 11.6 Å². The van der Waals surface area contributed by atoms with E-state index in [9.17, 15) is 14.4 Å². The SMILES string of the molecule is CC(=O)Nc1ccc(C2=C(SC(C)C)C(=O)N(c3cc(Cl)ccc3C)C2=O)cc1. The van der Waals surface area contributed by atoms with Gasteiger partial charge in [-0.1, -0.05) is 43.6 Å². The number of carbonyl (C=O) groups excluding carboxylic acids is 3. The van der Waals surface area contributed by atoms with Crippen molar-refractivity contribution < 1.29 is 14.4 Å². The van der Waals surface area contributed by atoms with Crippen molar-refractivity contribution in [2.45, 2.75) is 32.9 Å². The standard InChI is InChI=1S/C22H21ClN2O3S/c1-12(2)29-20-19(15-6-9-17(10-7-15)24-14(4)26)21(27)25(22(20)28)18-11-16(23)8-5-13(18)3/h5-12H,1-4H3,(H,24,26). The van der Waals surface area contributed by atoms with Crippen LogP contribution < -0.4 is 10.2 Å². The quantitative estimate of drug-likeness (QED) is 0.678. The molecule has 3 rings (SSSR count). The molecule has 0 radical (unpaired) electrons. The first kappa shape index (κ1) is 21.1. The van der Waals surface area contributed by atoms with Crippen LogP contribution in [0.2, 0.25) is 5.02 Å². The van der Waals surface area contributed by atoms with E-state index >= 15 is 0 Å². The molecule has 0 aliphatic carbocycles. The Morgan fingerprint density at radius 3 is 2.31 bits per heavy atom. The average Bonchev–Trinajstić information content (AvgIpc) is 2.87. The fourth-order valence-electron chi connectivity index (χ4n) is 3.07. The highest BCUT2D eigenvalue weighted by Crippen LogP contribution is 2.41. The molecule has 0 bridgehead atoms. The molecule has 1 aliphatic heterocycles. The number of halogens is 1. The minimum atomic E-state index is -0.379. The lowest BCUT2D eigenvalue weighted by Gasteiger charge is -2.18. The zero-order valence-electron chi connectivity index (χ0n) is 16.6. The van der Waals surface area contributed by atoms with Crippen LogP contribution in [-0.2, 0) is 14.4 Å². The number of nitrogens with zero attached hydrogens (tertiary/aromatic N) is 1. The van der Waals surface area contributed by atoms with Crippen molar-refractivity contribution in [1.29, 1.82) is 0 Å². The van der Waals surface area contributed by atoms with Gasteiger partial charge in [0.25, 0.3) is 11.8 Å². The first-order valence-electron chi connectivity index (χ1n) is 9.13. The minimum Gasteiger partial charge on any atom is -0.326 e. The Bertz CT molecular complexity index is 1030. The van der Waals surface area contributed by atoms with E-state index in [2.05, 4.69) is 5.32 Å². The van der Waals surface area contributed by atoms with Crippen molar-refractivity contribution in [3.8, 4) is 0 Å². The summed E-state index contributed by atoms with van der Waals surface area (Å²) in [6.45, 7) is 7.21. The van der Waals surface area contributed by atoms with Gasteiger partial charge in [0.15, 0.2) is 0 Å². The van der Waals surface area contributed by atoms with Crippen molar-refractivity contribution in [2.75, 3.05) is 10.2 Å². The summed E-state index contributed by atoms with van der Waals surface area (Å²) in [4.78, 5) is 39.4. The number of rotatable bonds is 5. The molecule has 1 N–H and O–H groups in total. The molecule has 0 saturated heterocycles. The summed E-state index contributed by atoms with van der Waals surface area (Å²) in [5.41, 5.74) is 2.89. The van der Waals surface area contributed by atoms with Gasteiger partial charge in [-0.3, -0.25) is 14.4 Å². The lowest BCUT2D eigenvalue weighted by Crippen LogP contribution is -2.32. The van der Waals surface area contributed by atoms with E-state index in [1.807, 2.05) is 20.8 Å². The number of imide groups is 1. The van der Waals surface area contributed by atoms with Gasteiger partial charge >= 0.3 is 0 Å². The van der Waals surface area contributed by atoms with Crippen molar-refractivity contribution in [1.82, 2.24) is 0 Å². The molecule has 1 heterocycles. The molecule has 5 nitrogen and oxygen atoms in total. The maximum Gasteiger partial charge on any atom is 0.272 e. The Balaban J connectivity index is 2.07. The Kier molecular flexibility index (Phi) is 6.15. The summed E-state index contributed by atoms with van der Waals surface area (Å²) >= 11 is 7.49. The third-order valence-corrected chi connectivity index (χ3v) is 5.62. The second-order valence-electron chi connectivity index (χ2n) is 7.01. The second-order valence-corrected chi connectivity index (χ2v) is 9.03. The van der Waals surface area contributed by atoms with Gasteiger partial charge in [-0.15, -0.1) is 11.8 Å². The number of amides is 3. The number of hydrogen-bond donors (Lipinski definition) is 1. The number of thioether (sulfide) groups is 1. The number of carbonyl (C=O) groups is 3. The average molecular weight is 429 g/mol. The molecular formula is C22H21ClN2O3S. The van der Waals surface area contributed by atoms with Gasteiger partial charge < -0.3 is 5.32 Å². The van der Waals surface area contributed by atoms with Gasteiger partial charge in [0.2, 0.25) is 5.91 Å². The molecule has 150 valence electrons. The summed E-state index contributed by atoms with van der Waals surface area (Å²) in [5.74, 6) is -0.904. The maximum absolute atomic E-state index is 13.4. The van der Waals surface area contributed by atoms with Crippen molar-refractivity contribution in [3.05, 3.63) is 63.5 Å². The molecule has 2 aromatic rings. The number of nitrogens with one attached hydrogen (secondary N) is 1. The zero-order valence-corrected chi connectivity index (χ0v) is 18.1. The van der Waals surface area contributed by atoms with Crippen LogP contribution in [0, 0.1) is 6.92 Å². The van der Waals surface area contributed by atoms with Gasteiger partial charge in [-0.25, -0.2) is 4.90 Å². The Hall–Kier alpha value is -2.57. The van der Waals surface area contributed by atoms with E-state index in [0.29, 0.717) is 32.4 Å². The first-order valence-corrected chi connectivity index (χ1v) is 10.4. The van der Waals surface area contributed by atoms with Gasteiger partial charge in [0.05, 0.1) is 16.2 Å². The summed E-state index contributed by atoms with van der Waals surface area (Å²) < 4.78 is 0. The molecule has 2 aromatic carbocycles. The van der Waals surface area contributed by atoms with Gasteiger partial charge in [-0.2, -0.15) is 0 Å². The number of hydrogen-bond acceptors (Lipinski definition) is 4. The highest BCUT2D eigenvalue weighted by molar-refractivity contribution is 8.04. The largest absolute Gasteiger partial charge is 0.326 e. The van der Waals surface area contributed by atoms with E-state index in [0.717, 1.165) is 5.56 Å². The highest BCUT2D eigenvalue weighted by Gasteiger charge is 2.41. The normalized spacial score (nSPS) is 14.2. The third kappa shape index (κ3) is 4.38. The lowest BCUT2D eigenvalue weighted by molar-refractivity contribution is -0.120. The summed E-state index contributed by atoms with van der Waals surface area (Å²) in [6.07, 6.45) is 0. The zero-order chi connectivity index (χ0) is 21.3. The monoisotopic (exact) mass is 428 g/mol. The van der Waals surface area contributed by atoms with Crippen LogP contribution >= 0.6 is 23.4 Å². The molecular weight excluding hydrogens is 408 g/mol. The third-order valence-electron chi connectivity index (χ3n) is 4.30.